The lowest BCUT2D eigenvalue weighted by atomic mass is 10.2. The van der Waals surface area contributed by atoms with E-state index in [1.54, 1.807) is 0 Å². The lowest BCUT2D eigenvalue weighted by molar-refractivity contribution is 0.145. The monoisotopic (exact) mass is 166 g/mol. The highest BCUT2D eigenvalue weighted by Crippen LogP contribution is 2.13. The van der Waals surface area contributed by atoms with Crippen molar-refractivity contribution in [2.75, 3.05) is 13.2 Å². The van der Waals surface area contributed by atoms with E-state index in [2.05, 4.69) is 11.8 Å². The van der Waals surface area contributed by atoms with E-state index in [1.807, 2.05) is 0 Å². The Bertz CT molecular complexity index is 170. The second-order valence-corrected chi connectivity index (χ2v) is 3.29. The van der Waals surface area contributed by atoms with Gasteiger partial charge in [-0.05, 0) is 25.7 Å². The van der Waals surface area contributed by atoms with E-state index >= 15 is 0 Å². The van der Waals surface area contributed by atoms with Gasteiger partial charge in [0.05, 0.1) is 0 Å². The summed E-state index contributed by atoms with van der Waals surface area (Å²) in [5, 5.41) is 0. The van der Waals surface area contributed by atoms with Crippen molar-refractivity contribution in [1.82, 2.24) is 0 Å². The van der Waals surface area contributed by atoms with Crippen molar-refractivity contribution in [1.29, 1.82) is 0 Å². The Morgan fingerprint density at radius 2 is 1.33 bits per heavy atom. The van der Waals surface area contributed by atoms with E-state index in [4.69, 9.17) is 9.47 Å². The fourth-order valence-corrected chi connectivity index (χ4v) is 1.57. The van der Waals surface area contributed by atoms with Crippen molar-refractivity contribution < 1.29 is 9.47 Å². The Hall–Kier alpha value is -0.520. The van der Waals surface area contributed by atoms with Crippen LogP contribution in [-0.4, -0.2) is 25.4 Å². The first-order chi connectivity index (χ1) is 5.95. The van der Waals surface area contributed by atoms with Gasteiger partial charge in [-0.15, -0.1) is 0 Å². The first-order valence-electron chi connectivity index (χ1n) is 4.69. The quantitative estimate of drug-likeness (QED) is 0.506. The molecule has 0 aromatic rings. The number of hydrogen-bond acceptors (Lipinski definition) is 2. The zero-order valence-electron chi connectivity index (χ0n) is 7.21. The average Bonchev–Trinajstić information content (AvgIpc) is 2.74. The molecule has 2 saturated heterocycles. The summed E-state index contributed by atoms with van der Waals surface area (Å²) < 4.78 is 10.8. The summed E-state index contributed by atoms with van der Waals surface area (Å²) in [5.41, 5.74) is 0. The molecule has 0 radical (unpaired) electrons. The predicted octanol–water partition coefficient (Wildman–Crippen LogP) is 1.35. The van der Waals surface area contributed by atoms with E-state index < -0.39 is 0 Å². The highest BCUT2D eigenvalue weighted by atomic mass is 16.5. The van der Waals surface area contributed by atoms with Gasteiger partial charge in [-0.2, -0.15) is 0 Å². The molecule has 0 aromatic heterocycles. The van der Waals surface area contributed by atoms with Crippen molar-refractivity contribution in [3.63, 3.8) is 0 Å². The standard InChI is InChI=1S/C10H14O2/c1-3-9(11-7-1)5-6-10-4-2-8-12-10/h9-10H,1-4,7-8H2. The van der Waals surface area contributed by atoms with Gasteiger partial charge in [-0.25, -0.2) is 0 Å². The molecule has 2 fully saturated rings. The third kappa shape index (κ3) is 2.00. The van der Waals surface area contributed by atoms with Crippen LogP contribution in [0.1, 0.15) is 25.7 Å². The minimum absolute atomic E-state index is 0.189. The number of hydrogen-bond donors (Lipinski definition) is 0. The summed E-state index contributed by atoms with van der Waals surface area (Å²) in [5.74, 6) is 6.25. The van der Waals surface area contributed by atoms with Crippen LogP contribution in [0.5, 0.6) is 0 Å². The van der Waals surface area contributed by atoms with Crippen LogP contribution in [0.4, 0.5) is 0 Å². The molecule has 2 unspecified atom stereocenters. The van der Waals surface area contributed by atoms with Crippen molar-refractivity contribution in [3.05, 3.63) is 0 Å². The second-order valence-electron chi connectivity index (χ2n) is 3.29. The van der Waals surface area contributed by atoms with Gasteiger partial charge in [0.25, 0.3) is 0 Å². The van der Waals surface area contributed by atoms with E-state index in [-0.39, 0.29) is 12.2 Å². The number of ether oxygens (including phenoxy) is 2. The molecule has 2 aliphatic heterocycles. The summed E-state index contributed by atoms with van der Waals surface area (Å²) >= 11 is 0. The van der Waals surface area contributed by atoms with Crippen molar-refractivity contribution in [2.24, 2.45) is 0 Å². The molecular weight excluding hydrogens is 152 g/mol. The zero-order valence-corrected chi connectivity index (χ0v) is 7.21. The minimum atomic E-state index is 0.189. The second kappa shape index (κ2) is 3.93. The minimum Gasteiger partial charge on any atom is -0.366 e. The SMILES string of the molecule is C(#CC1CCCO1)C1CCCO1. The molecule has 2 rings (SSSR count). The van der Waals surface area contributed by atoms with Gasteiger partial charge in [0, 0.05) is 13.2 Å². The van der Waals surface area contributed by atoms with Crippen molar-refractivity contribution >= 4 is 0 Å². The molecule has 2 atom stereocenters. The average molecular weight is 166 g/mol. The van der Waals surface area contributed by atoms with E-state index in [0.717, 1.165) is 38.9 Å². The van der Waals surface area contributed by atoms with Crippen LogP contribution >= 0.6 is 0 Å². The predicted molar refractivity (Wildman–Crippen MR) is 45.7 cm³/mol. The molecule has 2 heterocycles. The highest BCUT2D eigenvalue weighted by molar-refractivity contribution is 5.11. The van der Waals surface area contributed by atoms with Gasteiger partial charge >= 0.3 is 0 Å². The van der Waals surface area contributed by atoms with E-state index in [1.165, 1.54) is 0 Å². The van der Waals surface area contributed by atoms with E-state index in [9.17, 15) is 0 Å². The molecule has 2 nitrogen and oxygen atoms in total. The molecule has 0 bridgehead atoms. The van der Waals surface area contributed by atoms with Crippen LogP contribution in [0, 0.1) is 11.8 Å². The first-order valence-corrected chi connectivity index (χ1v) is 4.69. The van der Waals surface area contributed by atoms with Gasteiger partial charge in [0.1, 0.15) is 12.2 Å². The molecule has 2 heteroatoms. The van der Waals surface area contributed by atoms with Gasteiger partial charge in [-0.1, -0.05) is 11.8 Å². The zero-order chi connectivity index (χ0) is 8.23. The fraction of sp³-hybridized carbons (Fsp3) is 0.800. The molecule has 0 aromatic carbocycles. The fourth-order valence-electron chi connectivity index (χ4n) is 1.57. The number of rotatable bonds is 0. The highest BCUT2D eigenvalue weighted by Gasteiger charge is 2.15. The first kappa shape index (κ1) is 8.10. The molecular formula is C10H14O2. The van der Waals surface area contributed by atoms with Gasteiger partial charge < -0.3 is 9.47 Å². The maximum Gasteiger partial charge on any atom is 0.118 e. The summed E-state index contributed by atoms with van der Waals surface area (Å²) in [6.07, 6.45) is 4.89. The van der Waals surface area contributed by atoms with Crippen molar-refractivity contribution in [2.45, 2.75) is 37.9 Å². The lowest BCUT2D eigenvalue weighted by Gasteiger charge is -2.00. The van der Waals surface area contributed by atoms with Crippen LogP contribution < -0.4 is 0 Å². The maximum atomic E-state index is 5.38. The van der Waals surface area contributed by atoms with E-state index in [0.29, 0.717) is 0 Å². The molecule has 0 spiro atoms. The smallest absolute Gasteiger partial charge is 0.118 e. The Labute approximate surface area is 73.2 Å². The molecule has 0 aliphatic carbocycles. The van der Waals surface area contributed by atoms with Gasteiger partial charge in [0.15, 0.2) is 0 Å². The van der Waals surface area contributed by atoms with Gasteiger partial charge in [-0.3, -0.25) is 0 Å². The Morgan fingerprint density at radius 1 is 0.833 bits per heavy atom. The molecule has 2 aliphatic rings. The van der Waals surface area contributed by atoms with Crippen LogP contribution in [-0.2, 0) is 9.47 Å². The van der Waals surface area contributed by atoms with Crippen molar-refractivity contribution in [3.8, 4) is 11.8 Å². The third-order valence-corrected chi connectivity index (χ3v) is 2.26. The topological polar surface area (TPSA) is 18.5 Å². The third-order valence-electron chi connectivity index (χ3n) is 2.26. The molecule has 0 saturated carbocycles. The molecule has 0 amide bonds. The van der Waals surface area contributed by atoms with Crippen LogP contribution in [0.3, 0.4) is 0 Å². The lowest BCUT2D eigenvalue weighted by Crippen LogP contribution is -2.04. The van der Waals surface area contributed by atoms with Crippen LogP contribution in [0.2, 0.25) is 0 Å². The van der Waals surface area contributed by atoms with Crippen LogP contribution in [0.15, 0.2) is 0 Å². The Kier molecular flexibility index (Phi) is 2.65. The maximum absolute atomic E-state index is 5.38. The largest absolute Gasteiger partial charge is 0.366 e. The molecule has 0 N–H and O–H groups in total. The Morgan fingerprint density at radius 3 is 1.67 bits per heavy atom. The Balaban J connectivity index is 1.81. The molecule has 66 valence electrons. The summed E-state index contributed by atoms with van der Waals surface area (Å²) in [7, 11) is 0. The summed E-state index contributed by atoms with van der Waals surface area (Å²) in [6, 6.07) is 0. The molecule has 12 heavy (non-hydrogen) atoms. The summed E-state index contributed by atoms with van der Waals surface area (Å²) in [6.45, 7) is 1.76. The van der Waals surface area contributed by atoms with Crippen LogP contribution in [0.25, 0.3) is 0 Å². The van der Waals surface area contributed by atoms with Gasteiger partial charge in [0.2, 0.25) is 0 Å². The normalized spacial score (nSPS) is 34.7. The summed E-state index contributed by atoms with van der Waals surface area (Å²) in [4.78, 5) is 0.